The van der Waals surface area contributed by atoms with Crippen molar-refractivity contribution in [3.8, 4) is 0 Å². The molecule has 31 heavy (non-hydrogen) atoms. The fourth-order valence-corrected chi connectivity index (χ4v) is 9.76. The maximum Gasteiger partial charge on any atom is 0.00333 e. The van der Waals surface area contributed by atoms with Crippen LogP contribution in [0.25, 0.3) is 42.6 Å². The minimum absolute atomic E-state index is 0.332. The predicted molar refractivity (Wildman–Crippen MR) is 140 cm³/mol. The summed E-state index contributed by atoms with van der Waals surface area (Å²) in [6.45, 7) is 7.40. The number of hydrogen-bond acceptors (Lipinski definition) is 0. The minimum Gasteiger partial charge on any atom is -0.105 e. The van der Waals surface area contributed by atoms with E-state index in [9.17, 15) is 0 Å². The molecule has 1 heterocycles. The summed E-state index contributed by atoms with van der Waals surface area (Å²) in [5, 5.41) is 12.0. The van der Waals surface area contributed by atoms with Gasteiger partial charge in [0.25, 0.3) is 0 Å². The average molecular weight is 423 g/mol. The molecule has 5 aromatic rings. The van der Waals surface area contributed by atoms with Crippen LogP contribution in [0, 0.1) is 17.8 Å². The Bertz CT molecular complexity index is 1330. The van der Waals surface area contributed by atoms with Crippen molar-refractivity contribution >= 4 is 50.1 Å². The normalized spacial score (nSPS) is 22.3. The largest absolute Gasteiger partial charge is 0.105 e. The smallest absolute Gasteiger partial charge is 0.00333 e. The van der Waals surface area contributed by atoms with E-state index in [-0.39, 0.29) is 7.53 Å². The molecule has 1 heteroatoms. The van der Waals surface area contributed by atoms with E-state index in [4.69, 9.17) is 0 Å². The molecule has 0 N–H and O–H groups in total. The Hall–Kier alpha value is -2.30. The molecule has 1 aromatic heterocycles. The van der Waals surface area contributed by atoms with Gasteiger partial charge >= 0.3 is 0 Å². The summed E-state index contributed by atoms with van der Waals surface area (Å²) < 4.78 is 0. The Kier molecular flexibility index (Phi) is 4.62. The lowest BCUT2D eigenvalue weighted by Crippen LogP contribution is -2.21. The van der Waals surface area contributed by atoms with Crippen LogP contribution < -0.4 is 0 Å². The number of benzene rings is 4. The average Bonchev–Trinajstić information content (AvgIpc) is 3.14. The monoisotopic (exact) mass is 422 g/mol. The van der Waals surface area contributed by atoms with Gasteiger partial charge in [0.05, 0.1) is 0 Å². The molecular weight excluding hydrogens is 391 g/mol. The van der Waals surface area contributed by atoms with Gasteiger partial charge in [0.15, 0.2) is 0 Å². The first-order chi connectivity index (χ1) is 15.1. The van der Waals surface area contributed by atoms with Crippen molar-refractivity contribution in [3.63, 3.8) is 0 Å². The molecule has 4 aromatic carbocycles. The second-order valence-corrected chi connectivity index (χ2v) is 12.5. The van der Waals surface area contributed by atoms with Gasteiger partial charge in [-0.1, -0.05) is 81.4 Å². The number of fused-ring (bicyclic) bond motifs is 7. The number of hydrogen-bond donors (Lipinski definition) is 0. The molecule has 0 aliphatic heterocycles. The third kappa shape index (κ3) is 2.95. The van der Waals surface area contributed by atoms with Gasteiger partial charge in [-0.25, -0.2) is 0 Å². The molecule has 1 aliphatic carbocycles. The first-order valence-electron chi connectivity index (χ1n) is 12.0. The van der Waals surface area contributed by atoms with E-state index in [1.54, 1.807) is 10.2 Å². The molecule has 0 saturated heterocycles. The van der Waals surface area contributed by atoms with Crippen molar-refractivity contribution in [2.75, 3.05) is 0 Å². The minimum atomic E-state index is -0.332. The van der Waals surface area contributed by atoms with Crippen LogP contribution in [0.15, 0.2) is 72.8 Å². The predicted octanol–water partition coefficient (Wildman–Crippen LogP) is 9.92. The van der Waals surface area contributed by atoms with Gasteiger partial charge < -0.3 is 0 Å². The maximum absolute atomic E-state index is 2.53. The van der Waals surface area contributed by atoms with Gasteiger partial charge in [-0.15, -0.1) is 7.53 Å². The van der Waals surface area contributed by atoms with Crippen LogP contribution in [0.4, 0.5) is 0 Å². The summed E-state index contributed by atoms with van der Waals surface area (Å²) in [7, 11) is -0.332. The Labute approximate surface area is 186 Å². The molecular formula is C30H31P. The number of rotatable bonds is 2. The molecule has 0 spiro atoms. The van der Waals surface area contributed by atoms with E-state index >= 15 is 0 Å². The molecule has 3 atom stereocenters. The second-order valence-electron chi connectivity index (χ2n) is 10.1. The lowest BCUT2D eigenvalue weighted by atomic mass is 9.77. The molecule has 1 fully saturated rings. The van der Waals surface area contributed by atoms with Crippen LogP contribution in [0.1, 0.15) is 45.7 Å². The first-order valence-corrected chi connectivity index (χ1v) is 13.4. The Balaban J connectivity index is 1.75. The van der Waals surface area contributed by atoms with Crippen molar-refractivity contribution in [2.45, 2.75) is 45.7 Å². The summed E-state index contributed by atoms with van der Waals surface area (Å²) in [6, 6.07) is 27.8. The second kappa shape index (κ2) is 7.39. The lowest BCUT2D eigenvalue weighted by molar-refractivity contribution is 0.227. The highest BCUT2D eigenvalue weighted by molar-refractivity contribution is 7.61. The van der Waals surface area contributed by atoms with Crippen LogP contribution in [-0.2, 0) is 0 Å². The van der Waals surface area contributed by atoms with Crippen LogP contribution in [0.2, 0.25) is 0 Å². The Morgan fingerprint density at radius 2 is 1.26 bits per heavy atom. The van der Waals surface area contributed by atoms with Gasteiger partial charge in [-0.05, 0) is 70.7 Å². The zero-order chi connectivity index (χ0) is 21.1. The molecule has 0 bridgehead atoms. The van der Waals surface area contributed by atoms with Crippen molar-refractivity contribution in [1.82, 2.24) is 0 Å². The Morgan fingerprint density at radius 1 is 0.710 bits per heavy atom. The van der Waals surface area contributed by atoms with E-state index in [2.05, 4.69) is 93.6 Å². The Morgan fingerprint density at radius 3 is 1.81 bits per heavy atom. The highest BCUT2D eigenvalue weighted by atomic mass is 31.1. The van der Waals surface area contributed by atoms with Gasteiger partial charge in [0.1, 0.15) is 0 Å². The van der Waals surface area contributed by atoms with Crippen LogP contribution in [-0.4, -0.2) is 0 Å². The van der Waals surface area contributed by atoms with E-state index in [1.807, 2.05) is 0 Å². The van der Waals surface area contributed by atoms with E-state index in [1.165, 1.54) is 51.6 Å². The molecule has 0 nitrogen and oxygen atoms in total. The SMILES string of the molecule is CC(C)[C@@H]1CC[C@@H](C)[C@H](p2c3ccc4ccccc4c3c3c4ccccc4ccc32)C1. The summed E-state index contributed by atoms with van der Waals surface area (Å²) >= 11 is 0. The summed E-state index contributed by atoms with van der Waals surface area (Å²) in [5.41, 5.74) is 0.790. The molecule has 1 saturated carbocycles. The third-order valence-electron chi connectivity index (χ3n) is 8.05. The lowest BCUT2D eigenvalue weighted by Gasteiger charge is -2.37. The third-order valence-corrected chi connectivity index (χ3v) is 11.2. The fraction of sp³-hybridized carbons (Fsp3) is 0.333. The van der Waals surface area contributed by atoms with Crippen molar-refractivity contribution < 1.29 is 0 Å². The molecule has 156 valence electrons. The summed E-state index contributed by atoms with van der Waals surface area (Å²) in [6.07, 6.45) is 4.19. The molecule has 1 aliphatic rings. The molecule has 0 amide bonds. The van der Waals surface area contributed by atoms with Gasteiger partial charge in [0, 0.05) is 26.7 Å². The van der Waals surface area contributed by atoms with Crippen LogP contribution in [0.5, 0.6) is 0 Å². The zero-order valence-corrected chi connectivity index (χ0v) is 19.7. The van der Waals surface area contributed by atoms with Gasteiger partial charge in [0.2, 0.25) is 0 Å². The maximum atomic E-state index is 2.53. The van der Waals surface area contributed by atoms with Crippen molar-refractivity contribution in [2.24, 2.45) is 17.8 Å². The molecule has 0 radical (unpaired) electrons. The highest BCUT2D eigenvalue weighted by Gasteiger charge is 2.33. The van der Waals surface area contributed by atoms with Crippen LogP contribution in [0.3, 0.4) is 0 Å². The zero-order valence-electron chi connectivity index (χ0n) is 18.8. The van der Waals surface area contributed by atoms with Crippen molar-refractivity contribution in [3.05, 3.63) is 72.8 Å². The van der Waals surface area contributed by atoms with E-state index < -0.39 is 0 Å². The molecule has 6 rings (SSSR count). The highest BCUT2D eigenvalue weighted by Crippen LogP contribution is 2.63. The topological polar surface area (TPSA) is 0 Å². The van der Waals surface area contributed by atoms with E-state index in [0.717, 1.165) is 23.4 Å². The van der Waals surface area contributed by atoms with E-state index in [0.29, 0.717) is 0 Å². The fourth-order valence-electron chi connectivity index (χ4n) is 6.23. The summed E-state index contributed by atoms with van der Waals surface area (Å²) in [4.78, 5) is 0. The first kappa shape index (κ1) is 19.4. The van der Waals surface area contributed by atoms with Crippen LogP contribution >= 0.6 is 7.53 Å². The van der Waals surface area contributed by atoms with Gasteiger partial charge in [-0.3, -0.25) is 0 Å². The summed E-state index contributed by atoms with van der Waals surface area (Å²) in [5.74, 6) is 2.47. The molecule has 0 unspecified atom stereocenters. The standard InChI is InChI=1S/C30H31P/c1-19(2)23-13-12-20(3)28(18-23)31-26-16-14-21-8-4-6-10-24(21)29(26)30-25-11-7-5-9-22(25)15-17-27(30)31/h4-11,14-17,19-20,23,28H,12-13,18H2,1-3H3/t20-,23-,28-/m1/s1. The quantitative estimate of drug-likeness (QED) is 0.265. The van der Waals surface area contributed by atoms with Crippen molar-refractivity contribution in [1.29, 1.82) is 0 Å². The van der Waals surface area contributed by atoms with Gasteiger partial charge in [-0.2, -0.15) is 0 Å².